The van der Waals surface area contributed by atoms with Gasteiger partial charge in [-0.05, 0) is 72.5 Å². The Labute approximate surface area is 223 Å². The van der Waals surface area contributed by atoms with Crippen LogP contribution in [-0.4, -0.2) is 23.3 Å². The first kappa shape index (κ1) is 27.5. The molecule has 2 aromatic heterocycles. The topological polar surface area (TPSA) is 99.9 Å². The minimum Gasteiger partial charge on any atom is -0.768 e. The number of fused-ring (bicyclic) bond motifs is 1. The van der Waals surface area contributed by atoms with Crippen LogP contribution in [0.5, 0.6) is 0 Å². The Morgan fingerprint density at radius 3 is 2.46 bits per heavy atom. The number of benzene rings is 1. The molecule has 1 aromatic carbocycles. The normalized spacial score (nSPS) is 18.3. The summed E-state index contributed by atoms with van der Waals surface area (Å²) in [6, 6.07) is 8.29. The summed E-state index contributed by atoms with van der Waals surface area (Å²) in [6.45, 7) is 6.55. The molecule has 3 aromatic rings. The van der Waals surface area contributed by atoms with Crippen LogP contribution in [0.15, 0.2) is 46.2 Å². The average molecular weight is 526 g/mol. The first-order chi connectivity index (χ1) is 17.9. The van der Waals surface area contributed by atoms with Gasteiger partial charge in [0.2, 0.25) is 5.95 Å². The molecule has 202 valence electrons. The average Bonchev–Trinajstić information content (AvgIpc) is 3.44. The number of nitrogens with zero attached hydrogens (tertiary/aromatic N) is 3. The molecule has 0 bridgehead atoms. The van der Waals surface area contributed by atoms with Gasteiger partial charge in [0.05, 0.1) is 0 Å². The minimum absolute atomic E-state index is 0. The SMILES string of the molecule is CCC(C)C1CCCCC1.Cc1cc(S(=O)[O-])ccc1Nc1ncc2ccc(=O)n(C3CCCC3)c2n1.[HH]. The zero-order chi connectivity index (χ0) is 26.4. The Hall–Kier alpha value is -2.58. The van der Waals surface area contributed by atoms with E-state index in [9.17, 15) is 13.6 Å². The standard InChI is InChI=1S/C19H20N4O3S.C10H20.H2/c1-12-10-15(27(25)26)7-8-16(12)21-19-20-11-13-6-9-17(24)23(18(13)22-19)14-4-2-3-5-14;1-3-9(2)10-7-5-4-6-8-10;/h6-11,14H,2-5H2,1H3,(H,25,26)(H,20,21,22);9-10H,3-8H2,1-2H3;1H/p-1. The maximum Gasteiger partial charge on any atom is 0.252 e. The van der Waals surface area contributed by atoms with Gasteiger partial charge in [0, 0.05) is 35.7 Å². The van der Waals surface area contributed by atoms with Crippen molar-refractivity contribution in [1.29, 1.82) is 0 Å². The number of anilines is 2. The maximum absolute atomic E-state index is 12.5. The van der Waals surface area contributed by atoms with Crippen molar-refractivity contribution in [2.75, 3.05) is 5.32 Å². The van der Waals surface area contributed by atoms with E-state index in [0.29, 0.717) is 17.3 Å². The van der Waals surface area contributed by atoms with Gasteiger partial charge in [-0.1, -0.05) is 65.2 Å². The number of hydrogen-bond donors (Lipinski definition) is 1. The largest absolute Gasteiger partial charge is 0.768 e. The molecule has 0 radical (unpaired) electrons. The Kier molecular flexibility index (Phi) is 9.49. The maximum atomic E-state index is 12.5. The summed E-state index contributed by atoms with van der Waals surface area (Å²) in [5.74, 6) is 2.43. The number of aryl methyl sites for hydroxylation is 1. The zero-order valence-electron chi connectivity index (χ0n) is 22.2. The van der Waals surface area contributed by atoms with E-state index in [0.717, 1.165) is 48.5 Å². The van der Waals surface area contributed by atoms with Gasteiger partial charge in [-0.2, -0.15) is 4.98 Å². The zero-order valence-corrected chi connectivity index (χ0v) is 23.1. The van der Waals surface area contributed by atoms with Crippen LogP contribution < -0.4 is 10.9 Å². The number of rotatable bonds is 6. The molecule has 0 saturated heterocycles. The fraction of sp³-hybridized carbons (Fsp3) is 0.552. The van der Waals surface area contributed by atoms with Crippen LogP contribution in [0.1, 0.15) is 91.1 Å². The van der Waals surface area contributed by atoms with Crippen LogP contribution in [0, 0.1) is 18.8 Å². The highest BCUT2D eigenvalue weighted by molar-refractivity contribution is 7.79. The molecule has 2 aliphatic rings. The smallest absolute Gasteiger partial charge is 0.252 e. The van der Waals surface area contributed by atoms with Crippen molar-refractivity contribution in [1.82, 2.24) is 14.5 Å². The van der Waals surface area contributed by atoms with Gasteiger partial charge in [-0.15, -0.1) is 0 Å². The Morgan fingerprint density at radius 1 is 1.11 bits per heavy atom. The second-order valence-electron chi connectivity index (χ2n) is 10.6. The van der Waals surface area contributed by atoms with E-state index < -0.39 is 11.1 Å². The van der Waals surface area contributed by atoms with Gasteiger partial charge in [0.25, 0.3) is 5.56 Å². The lowest BCUT2D eigenvalue weighted by molar-refractivity contribution is 0.258. The number of aromatic nitrogens is 3. The predicted octanol–water partition coefficient (Wildman–Crippen LogP) is 7.06. The van der Waals surface area contributed by atoms with Crippen LogP contribution >= 0.6 is 0 Å². The quantitative estimate of drug-likeness (QED) is 0.346. The van der Waals surface area contributed by atoms with Crippen molar-refractivity contribution in [3.05, 3.63) is 52.4 Å². The number of hydrogen-bond acceptors (Lipinski definition) is 6. The fourth-order valence-corrected chi connectivity index (χ4v) is 6.10. The molecule has 2 aliphatic carbocycles. The Bertz CT molecular complexity index is 1290. The monoisotopic (exact) mass is 525 g/mol. The molecule has 8 heteroatoms. The molecule has 37 heavy (non-hydrogen) atoms. The van der Waals surface area contributed by atoms with E-state index in [2.05, 4.69) is 29.1 Å². The van der Waals surface area contributed by atoms with Gasteiger partial charge in [0.1, 0.15) is 5.65 Å². The van der Waals surface area contributed by atoms with Crippen LogP contribution in [-0.2, 0) is 11.1 Å². The summed E-state index contributed by atoms with van der Waals surface area (Å²) < 4.78 is 24.0. The van der Waals surface area contributed by atoms with Gasteiger partial charge < -0.3 is 9.87 Å². The molecular weight excluding hydrogens is 484 g/mol. The molecule has 2 unspecified atom stereocenters. The van der Waals surface area contributed by atoms with E-state index >= 15 is 0 Å². The highest BCUT2D eigenvalue weighted by Crippen LogP contribution is 2.32. The molecule has 2 fully saturated rings. The summed E-state index contributed by atoms with van der Waals surface area (Å²) in [5.41, 5.74) is 2.07. The van der Waals surface area contributed by atoms with E-state index in [1.54, 1.807) is 35.0 Å². The molecule has 0 aliphatic heterocycles. The second-order valence-corrected chi connectivity index (χ2v) is 11.5. The lowest BCUT2D eigenvalue weighted by Crippen LogP contribution is -2.23. The molecular formula is C29H41N4O3S-. The van der Waals surface area contributed by atoms with Crippen molar-refractivity contribution in [3.8, 4) is 0 Å². The molecule has 1 N–H and O–H groups in total. The van der Waals surface area contributed by atoms with Gasteiger partial charge in [-0.3, -0.25) is 13.6 Å². The third kappa shape index (κ3) is 6.85. The summed E-state index contributed by atoms with van der Waals surface area (Å²) in [5, 5.41) is 3.95. The van der Waals surface area contributed by atoms with Crippen LogP contribution in [0.25, 0.3) is 11.0 Å². The fourth-order valence-electron chi connectivity index (χ4n) is 5.65. The number of pyridine rings is 1. The Morgan fingerprint density at radius 2 is 1.81 bits per heavy atom. The van der Waals surface area contributed by atoms with Crippen LogP contribution in [0.2, 0.25) is 0 Å². The van der Waals surface area contributed by atoms with Crippen molar-refractivity contribution in [3.63, 3.8) is 0 Å². The molecule has 2 heterocycles. The third-order valence-electron chi connectivity index (χ3n) is 8.09. The molecule has 5 rings (SSSR count). The van der Waals surface area contributed by atoms with Crippen molar-refractivity contribution >= 4 is 33.7 Å². The van der Waals surface area contributed by atoms with E-state index in [1.807, 2.05) is 6.92 Å². The summed E-state index contributed by atoms with van der Waals surface area (Å²) >= 11 is -2.27. The van der Waals surface area contributed by atoms with Crippen molar-refractivity contribution < 1.29 is 10.2 Å². The third-order valence-corrected chi connectivity index (χ3v) is 8.73. The lowest BCUT2D eigenvalue weighted by atomic mass is 9.80. The van der Waals surface area contributed by atoms with E-state index in [1.165, 1.54) is 44.6 Å². The molecule has 0 amide bonds. The van der Waals surface area contributed by atoms with Gasteiger partial charge >= 0.3 is 0 Å². The van der Waals surface area contributed by atoms with Crippen molar-refractivity contribution in [2.24, 2.45) is 11.8 Å². The lowest BCUT2D eigenvalue weighted by Gasteiger charge is -2.26. The first-order valence-corrected chi connectivity index (χ1v) is 14.8. The first-order valence-electron chi connectivity index (χ1n) is 13.7. The van der Waals surface area contributed by atoms with Crippen LogP contribution in [0.4, 0.5) is 11.6 Å². The minimum atomic E-state index is -2.27. The molecule has 2 atom stereocenters. The Balaban J connectivity index is 0.000000308. The highest BCUT2D eigenvalue weighted by atomic mass is 32.2. The van der Waals surface area contributed by atoms with Gasteiger partial charge in [0.15, 0.2) is 0 Å². The number of nitrogens with one attached hydrogen (secondary N) is 1. The van der Waals surface area contributed by atoms with E-state index in [-0.39, 0.29) is 17.9 Å². The van der Waals surface area contributed by atoms with Gasteiger partial charge in [-0.25, -0.2) is 4.98 Å². The second kappa shape index (κ2) is 12.8. The summed E-state index contributed by atoms with van der Waals surface area (Å²) in [6.07, 6.45) is 14.8. The van der Waals surface area contributed by atoms with Crippen molar-refractivity contribution in [2.45, 2.75) is 95.9 Å². The molecule has 2 saturated carbocycles. The van der Waals surface area contributed by atoms with E-state index in [4.69, 9.17) is 0 Å². The predicted molar refractivity (Wildman–Crippen MR) is 151 cm³/mol. The van der Waals surface area contributed by atoms with Crippen LogP contribution in [0.3, 0.4) is 0 Å². The summed E-state index contributed by atoms with van der Waals surface area (Å²) in [7, 11) is 0. The molecule has 0 spiro atoms. The highest BCUT2D eigenvalue weighted by Gasteiger charge is 2.21. The summed E-state index contributed by atoms with van der Waals surface area (Å²) in [4.78, 5) is 21.6. The molecule has 7 nitrogen and oxygen atoms in total.